The SMILES string of the molecule is CCCC(C)CCCN[C@@H]1CC(C(=O)O)C[C@@H]1n1ccnn1. The van der Waals surface area contributed by atoms with Gasteiger partial charge in [0.25, 0.3) is 0 Å². The molecule has 0 radical (unpaired) electrons. The number of carboxylic acids is 1. The molecule has 1 saturated carbocycles. The molecule has 0 spiro atoms. The second-order valence-corrected chi connectivity index (χ2v) is 6.55. The summed E-state index contributed by atoms with van der Waals surface area (Å²) in [5.41, 5.74) is 0. The lowest BCUT2D eigenvalue weighted by atomic mass is 10.0. The molecule has 1 heterocycles. The van der Waals surface area contributed by atoms with Crippen LogP contribution in [0.2, 0.25) is 0 Å². The molecule has 4 atom stereocenters. The minimum absolute atomic E-state index is 0.0941. The lowest BCUT2D eigenvalue weighted by Crippen LogP contribution is -2.35. The first-order valence-electron chi connectivity index (χ1n) is 8.43. The fourth-order valence-corrected chi connectivity index (χ4v) is 3.50. The van der Waals surface area contributed by atoms with Gasteiger partial charge in [0.1, 0.15) is 0 Å². The van der Waals surface area contributed by atoms with E-state index in [4.69, 9.17) is 0 Å². The average molecular weight is 308 g/mol. The van der Waals surface area contributed by atoms with E-state index in [0.29, 0.717) is 12.8 Å². The molecule has 0 bridgehead atoms. The molecule has 2 unspecified atom stereocenters. The van der Waals surface area contributed by atoms with E-state index in [1.807, 2.05) is 6.20 Å². The minimum atomic E-state index is -0.703. The highest BCUT2D eigenvalue weighted by Crippen LogP contribution is 2.34. The van der Waals surface area contributed by atoms with E-state index in [0.717, 1.165) is 18.9 Å². The van der Waals surface area contributed by atoms with Gasteiger partial charge in [0.15, 0.2) is 0 Å². The van der Waals surface area contributed by atoms with E-state index >= 15 is 0 Å². The van der Waals surface area contributed by atoms with Gasteiger partial charge in [-0.15, -0.1) is 5.10 Å². The van der Waals surface area contributed by atoms with Crippen molar-refractivity contribution >= 4 is 5.97 Å². The zero-order chi connectivity index (χ0) is 15.9. The van der Waals surface area contributed by atoms with Gasteiger partial charge in [-0.1, -0.05) is 31.9 Å². The molecule has 6 heteroatoms. The van der Waals surface area contributed by atoms with E-state index in [1.165, 1.54) is 19.3 Å². The number of carboxylic acid groups (broad SMARTS) is 1. The number of carbonyl (C=O) groups is 1. The molecule has 1 aliphatic rings. The first-order valence-corrected chi connectivity index (χ1v) is 8.43. The largest absolute Gasteiger partial charge is 0.481 e. The Bertz CT molecular complexity index is 449. The third kappa shape index (κ3) is 4.53. The maximum Gasteiger partial charge on any atom is 0.306 e. The summed E-state index contributed by atoms with van der Waals surface area (Å²) in [5.74, 6) is -0.218. The summed E-state index contributed by atoms with van der Waals surface area (Å²) in [6.45, 7) is 5.47. The van der Waals surface area contributed by atoms with E-state index in [-0.39, 0.29) is 18.0 Å². The van der Waals surface area contributed by atoms with Crippen LogP contribution in [0.1, 0.15) is 58.4 Å². The molecule has 1 aliphatic carbocycles. The number of aliphatic carboxylic acids is 1. The fourth-order valence-electron chi connectivity index (χ4n) is 3.50. The smallest absolute Gasteiger partial charge is 0.306 e. The number of nitrogens with one attached hydrogen (secondary N) is 1. The van der Waals surface area contributed by atoms with Crippen LogP contribution in [0, 0.1) is 11.8 Å². The van der Waals surface area contributed by atoms with Crippen LogP contribution >= 0.6 is 0 Å². The van der Waals surface area contributed by atoms with Crippen molar-refractivity contribution in [3.63, 3.8) is 0 Å². The Balaban J connectivity index is 1.83. The third-order valence-electron chi connectivity index (χ3n) is 4.72. The molecular weight excluding hydrogens is 280 g/mol. The first-order chi connectivity index (χ1) is 10.6. The van der Waals surface area contributed by atoms with Gasteiger partial charge in [0.05, 0.1) is 18.2 Å². The lowest BCUT2D eigenvalue weighted by molar-refractivity contribution is -0.141. The second kappa shape index (κ2) is 8.27. The summed E-state index contributed by atoms with van der Waals surface area (Å²) in [6, 6.07) is 0.265. The monoisotopic (exact) mass is 308 g/mol. The molecule has 124 valence electrons. The third-order valence-corrected chi connectivity index (χ3v) is 4.72. The fraction of sp³-hybridized carbons (Fsp3) is 0.812. The van der Waals surface area contributed by atoms with Crippen molar-refractivity contribution in [3.8, 4) is 0 Å². The summed E-state index contributed by atoms with van der Waals surface area (Å²) in [6.07, 6.45) is 9.67. The molecule has 1 aromatic rings. The van der Waals surface area contributed by atoms with Gasteiger partial charge in [0, 0.05) is 12.2 Å². The van der Waals surface area contributed by atoms with E-state index in [1.54, 1.807) is 10.9 Å². The highest BCUT2D eigenvalue weighted by Gasteiger charge is 2.39. The zero-order valence-electron chi connectivity index (χ0n) is 13.6. The van der Waals surface area contributed by atoms with E-state index in [9.17, 15) is 9.90 Å². The molecule has 0 saturated heterocycles. The van der Waals surface area contributed by atoms with Crippen LogP contribution in [-0.4, -0.2) is 38.7 Å². The maximum atomic E-state index is 11.3. The molecule has 0 amide bonds. The van der Waals surface area contributed by atoms with Crippen molar-refractivity contribution in [2.75, 3.05) is 6.54 Å². The molecular formula is C16H28N4O2. The Kier molecular flexibility index (Phi) is 6.36. The Hall–Kier alpha value is -1.43. The quantitative estimate of drug-likeness (QED) is 0.685. The van der Waals surface area contributed by atoms with Gasteiger partial charge in [-0.25, -0.2) is 4.68 Å². The number of rotatable bonds is 9. The van der Waals surface area contributed by atoms with Crippen LogP contribution < -0.4 is 5.32 Å². The summed E-state index contributed by atoms with van der Waals surface area (Å²) in [7, 11) is 0. The molecule has 22 heavy (non-hydrogen) atoms. The highest BCUT2D eigenvalue weighted by molar-refractivity contribution is 5.70. The highest BCUT2D eigenvalue weighted by atomic mass is 16.4. The van der Waals surface area contributed by atoms with Crippen LogP contribution in [0.15, 0.2) is 12.4 Å². The van der Waals surface area contributed by atoms with E-state index < -0.39 is 5.97 Å². The van der Waals surface area contributed by atoms with Crippen LogP contribution in [0.5, 0.6) is 0 Å². The molecule has 0 aliphatic heterocycles. The Morgan fingerprint density at radius 2 is 2.27 bits per heavy atom. The summed E-state index contributed by atoms with van der Waals surface area (Å²) >= 11 is 0. The van der Waals surface area contributed by atoms with Crippen LogP contribution in [-0.2, 0) is 4.79 Å². The van der Waals surface area contributed by atoms with Crippen molar-refractivity contribution < 1.29 is 9.90 Å². The number of hydrogen-bond acceptors (Lipinski definition) is 4. The summed E-state index contributed by atoms with van der Waals surface area (Å²) in [5, 5.41) is 20.7. The second-order valence-electron chi connectivity index (χ2n) is 6.55. The van der Waals surface area contributed by atoms with Crippen molar-refractivity contribution in [1.29, 1.82) is 0 Å². The average Bonchev–Trinajstić information content (AvgIpc) is 3.12. The Labute approximate surface area is 132 Å². The van der Waals surface area contributed by atoms with Gasteiger partial charge in [0.2, 0.25) is 0 Å². The predicted octanol–water partition coefficient (Wildman–Crippen LogP) is 2.49. The number of nitrogens with zero attached hydrogens (tertiary/aromatic N) is 3. The minimum Gasteiger partial charge on any atom is -0.481 e. The lowest BCUT2D eigenvalue weighted by Gasteiger charge is -2.21. The summed E-state index contributed by atoms with van der Waals surface area (Å²) < 4.78 is 1.81. The van der Waals surface area contributed by atoms with Crippen molar-refractivity contribution in [2.45, 2.75) is 64.5 Å². The van der Waals surface area contributed by atoms with Gasteiger partial charge in [-0.05, 0) is 38.1 Å². The standard InChI is InChI=1S/C16H28N4O2/c1-3-5-12(2)6-4-7-17-14-10-13(16(21)22)11-15(14)20-9-8-18-19-20/h8-9,12-15,17H,3-7,10-11H2,1-2H3,(H,21,22)/t12?,13?,14-,15+/m1/s1. The van der Waals surface area contributed by atoms with Gasteiger partial charge in [-0.3, -0.25) is 4.79 Å². The van der Waals surface area contributed by atoms with Crippen LogP contribution in [0.3, 0.4) is 0 Å². The molecule has 2 rings (SSSR count). The van der Waals surface area contributed by atoms with Gasteiger partial charge in [-0.2, -0.15) is 0 Å². The number of aromatic nitrogens is 3. The van der Waals surface area contributed by atoms with Crippen LogP contribution in [0.25, 0.3) is 0 Å². The zero-order valence-corrected chi connectivity index (χ0v) is 13.6. The first kappa shape index (κ1) is 16.9. The van der Waals surface area contributed by atoms with Crippen LogP contribution in [0.4, 0.5) is 0 Å². The molecule has 6 nitrogen and oxygen atoms in total. The molecule has 1 fully saturated rings. The Morgan fingerprint density at radius 1 is 1.45 bits per heavy atom. The number of hydrogen-bond donors (Lipinski definition) is 2. The topological polar surface area (TPSA) is 80.0 Å². The van der Waals surface area contributed by atoms with Crippen molar-refractivity contribution in [3.05, 3.63) is 12.4 Å². The normalized spacial score (nSPS) is 26.2. The molecule has 1 aromatic heterocycles. The summed E-state index contributed by atoms with van der Waals surface area (Å²) in [4.78, 5) is 11.3. The Morgan fingerprint density at radius 3 is 2.91 bits per heavy atom. The molecule has 2 N–H and O–H groups in total. The molecule has 0 aromatic carbocycles. The van der Waals surface area contributed by atoms with Crippen molar-refractivity contribution in [2.24, 2.45) is 11.8 Å². The van der Waals surface area contributed by atoms with Gasteiger partial charge < -0.3 is 10.4 Å². The van der Waals surface area contributed by atoms with Crippen molar-refractivity contribution in [1.82, 2.24) is 20.3 Å². The maximum absolute atomic E-state index is 11.3. The van der Waals surface area contributed by atoms with E-state index in [2.05, 4.69) is 29.5 Å². The predicted molar refractivity (Wildman–Crippen MR) is 84.5 cm³/mol. The van der Waals surface area contributed by atoms with Gasteiger partial charge >= 0.3 is 5.97 Å².